The Labute approximate surface area is 784 Å². The summed E-state index contributed by atoms with van der Waals surface area (Å²) in [6, 6.07) is 94.5. The van der Waals surface area contributed by atoms with E-state index in [4.69, 9.17) is 43.4 Å². The molecule has 0 N–H and O–H groups in total. The second-order valence-corrected chi connectivity index (χ2v) is 32.4. The lowest BCUT2D eigenvalue weighted by molar-refractivity contribution is 0.668. The van der Waals surface area contributed by atoms with E-state index in [0.717, 1.165) is 115 Å². The van der Waals surface area contributed by atoms with Gasteiger partial charge in [-0.05, 0) is 264 Å². The first-order valence-corrected chi connectivity index (χ1v) is 42.8. The molecule has 3 heteroatoms. The molecule has 27 aromatic rings. The molecule has 0 radical (unpaired) electrons. The van der Waals surface area contributed by atoms with Crippen LogP contribution in [0.2, 0.25) is 0 Å². The summed E-state index contributed by atoms with van der Waals surface area (Å²) >= 11 is 0. The summed E-state index contributed by atoms with van der Waals surface area (Å²) in [6.07, 6.45) is 0. The molecular formula is C127H80O3. The van der Waals surface area contributed by atoms with E-state index in [-0.39, 0.29) is 137 Å². The monoisotopic (exact) mass is 1680 g/mol. The third-order valence-corrected chi connectivity index (χ3v) is 25.2. The SMILES string of the molecule is [2H]c1c([2H])c([2H])c2c(-c3ccc(-c4ccc(-c5ccc6oc7ccc8ccccc8c7c6c5)cc4)cc3)c3c([2H])c([2H])c([2H])c([2H])c3c(-c3ccccc3)c2c1[2H].[2H]c1c([2H])c([2H])c2c(-c3ccc4oc5cc(-c6ccccc6)c6ccccc6c5c4c3)c3c([2H])c([2H])c([2H])c([2H])c3c(-c3ccccc3)c2c1[2H].[2H]c1c([2H])c([2H])c2c(-c3ccc4oc5cc(C)c6ccccc6c5c4c3)c3c([2H])c([2H])c([2H])c([2H])c3c(-c3ccccc3)c2c1[2H]. The van der Waals surface area contributed by atoms with E-state index < -0.39 is 72.5 Å². The molecule has 130 heavy (non-hydrogen) atoms. The third-order valence-electron chi connectivity index (χ3n) is 25.2. The maximum absolute atomic E-state index is 9.25. The van der Waals surface area contributed by atoms with E-state index in [1.165, 1.54) is 0 Å². The average molecular weight is 1680 g/mol. The van der Waals surface area contributed by atoms with Crippen LogP contribution >= 0.6 is 0 Å². The maximum Gasteiger partial charge on any atom is 0.136 e. The number of hydrogen-bond donors (Lipinski definition) is 0. The highest BCUT2D eigenvalue weighted by molar-refractivity contribution is 6.29. The van der Waals surface area contributed by atoms with E-state index in [1.54, 1.807) is 84.9 Å². The smallest absolute Gasteiger partial charge is 0.136 e. The zero-order chi connectivity index (χ0) is 107. The standard InChI is InChI=1S/C48H30O.C42H26O.C37H24O/c1-2-11-35(12-3-1)46-39-14-6-8-16-41(39)47(42-17-9-7-15-40(42)46)36-24-22-32(23-25-36)31-18-20-33(21-19-31)37-27-28-44-43(30-37)48-38-13-5-4-10-34(38)26-29-45(48)49-44;1-3-13-27(14-4-1)36-26-39-42(31-18-8-7-17-30(31)36)37-25-29(23-24-38(37)43-39)41-34-21-11-9-19-32(34)40(28-15-5-2-6-16-28)33-20-10-12-22-35(33)41;1-23-21-34-37(27-14-6-5-13-26(23)27)32-22-25(19-20-33(32)38-34)36-30-17-9-7-15-28(30)35(24-11-3-2-4-12-24)29-16-8-10-18-31(29)36/h1-30H;1-26H;2-22H,1H3/i6D,7D,8D,9D,14D,15D,16D,17D;9D,10D,11D,12D,19D,20D,21D,22D;7D,8D,9D,10D,15D,16D,17D,18D. The van der Waals surface area contributed by atoms with E-state index in [1.807, 2.05) is 159 Å². The van der Waals surface area contributed by atoms with Crippen molar-refractivity contribution in [1.82, 2.24) is 0 Å². The van der Waals surface area contributed by atoms with Crippen molar-refractivity contribution in [1.29, 1.82) is 0 Å². The van der Waals surface area contributed by atoms with Crippen molar-refractivity contribution in [2.24, 2.45) is 0 Å². The average Bonchev–Trinajstić information content (AvgIpc) is 0.752. The molecule has 3 aromatic heterocycles. The summed E-state index contributed by atoms with van der Waals surface area (Å²) in [6.45, 7) is 2.04. The number of hydrogen-bond acceptors (Lipinski definition) is 3. The van der Waals surface area contributed by atoms with Crippen molar-refractivity contribution in [3.05, 3.63) is 472 Å². The largest absolute Gasteiger partial charge is 0.456 e. The number of furan rings is 3. The van der Waals surface area contributed by atoms with Crippen molar-refractivity contribution in [3.63, 3.8) is 0 Å². The van der Waals surface area contributed by atoms with Crippen LogP contribution in [0.4, 0.5) is 0 Å². The zero-order valence-electron chi connectivity index (χ0n) is 93.3. The second-order valence-electron chi connectivity index (χ2n) is 32.4. The molecule has 0 saturated carbocycles. The Kier molecular flexibility index (Phi) is 13.2. The fourth-order valence-corrected chi connectivity index (χ4v) is 19.5. The van der Waals surface area contributed by atoms with Crippen LogP contribution in [0.15, 0.2) is 480 Å². The summed E-state index contributed by atoms with van der Waals surface area (Å²) in [4.78, 5) is 0. The van der Waals surface area contributed by atoms with Crippen molar-refractivity contribution >= 4 is 163 Å². The van der Waals surface area contributed by atoms with Gasteiger partial charge in [0.2, 0.25) is 0 Å². The fourth-order valence-electron chi connectivity index (χ4n) is 19.5. The summed E-state index contributed by atoms with van der Waals surface area (Å²) < 4.78 is 233. The molecule has 606 valence electrons. The molecule has 3 heterocycles. The molecule has 0 atom stereocenters. The van der Waals surface area contributed by atoms with Crippen molar-refractivity contribution in [2.75, 3.05) is 0 Å². The molecule has 24 aromatic carbocycles. The predicted octanol–water partition coefficient (Wildman–Crippen LogP) is 36.4. The number of benzene rings is 24. The number of aryl methyl sites for hydroxylation is 1. The number of rotatable bonds is 9. The summed E-state index contributed by atoms with van der Waals surface area (Å²) in [5, 5.41) is 14.2. The predicted molar refractivity (Wildman–Crippen MR) is 552 cm³/mol. The first-order valence-electron chi connectivity index (χ1n) is 54.8. The summed E-state index contributed by atoms with van der Waals surface area (Å²) in [7, 11) is 0. The maximum atomic E-state index is 9.25. The van der Waals surface area contributed by atoms with Crippen LogP contribution < -0.4 is 0 Å². The van der Waals surface area contributed by atoms with Gasteiger partial charge in [-0.15, -0.1) is 0 Å². The second kappa shape index (κ2) is 31.3. The lowest BCUT2D eigenvalue weighted by Gasteiger charge is -2.18. The Hall–Kier alpha value is -17.0. The normalized spacial score (nSPS) is 14.3. The van der Waals surface area contributed by atoms with Crippen LogP contribution in [0.5, 0.6) is 0 Å². The molecule has 0 aliphatic carbocycles. The zero-order valence-corrected chi connectivity index (χ0v) is 69.3. The molecule has 0 bridgehead atoms. The Balaban J connectivity index is 0.000000119. The van der Waals surface area contributed by atoms with E-state index in [0.29, 0.717) is 89.1 Å². The van der Waals surface area contributed by atoms with Crippen LogP contribution in [0.1, 0.15) is 38.5 Å². The van der Waals surface area contributed by atoms with Gasteiger partial charge in [0.1, 0.15) is 33.5 Å². The lowest BCUT2D eigenvalue weighted by atomic mass is 9.85. The van der Waals surface area contributed by atoms with E-state index >= 15 is 0 Å². The van der Waals surface area contributed by atoms with E-state index in [2.05, 4.69) is 84.9 Å². The van der Waals surface area contributed by atoms with Crippen LogP contribution in [0.25, 0.3) is 263 Å². The van der Waals surface area contributed by atoms with Crippen LogP contribution in [-0.4, -0.2) is 0 Å². The quantitative estimate of drug-likeness (QED) is 0.135. The molecule has 27 rings (SSSR count). The highest BCUT2D eigenvalue weighted by atomic mass is 16.3. The van der Waals surface area contributed by atoms with Gasteiger partial charge < -0.3 is 13.3 Å². The van der Waals surface area contributed by atoms with Gasteiger partial charge in [-0.1, -0.05) is 412 Å². The van der Waals surface area contributed by atoms with Crippen molar-refractivity contribution in [3.8, 4) is 100 Å². The summed E-state index contributed by atoms with van der Waals surface area (Å²) in [5.74, 6) is 0. The highest BCUT2D eigenvalue weighted by Crippen LogP contribution is 2.51. The molecule has 0 unspecified atom stereocenters. The molecule has 3 nitrogen and oxygen atoms in total. The minimum Gasteiger partial charge on any atom is -0.456 e. The third kappa shape index (κ3) is 12.6. The van der Waals surface area contributed by atoms with Gasteiger partial charge >= 0.3 is 0 Å². The molecule has 0 spiro atoms. The highest BCUT2D eigenvalue weighted by Gasteiger charge is 2.25. The molecule has 0 aliphatic heterocycles. The van der Waals surface area contributed by atoms with Gasteiger partial charge in [0, 0.05) is 32.3 Å². The van der Waals surface area contributed by atoms with Crippen LogP contribution in [0, 0.1) is 6.92 Å². The van der Waals surface area contributed by atoms with Gasteiger partial charge in [0.05, 0.1) is 32.9 Å². The Morgan fingerprint density at radius 2 is 0.415 bits per heavy atom. The summed E-state index contributed by atoms with van der Waals surface area (Å²) in [5.41, 5.74) is 16.8. The lowest BCUT2D eigenvalue weighted by Crippen LogP contribution is -1.90. The Morgan fingerprint density at radius 3 is 0.808 bits per heavy atom. The molecule has 0 fully saturated rings. The first kappa shape index (κ1) is 54.7. The van der Waals surface area contributed by atoms with Gasteiger partial charge in [0.25, 0.3) is 0 Å². The van der Waals surface area contributed by atoms with Crippen molar-refractivity contribution < 1.29 is 46.1 Å². The van der Waals surface area contributed by atoms with Gasteiger partial charge in [-0.3, -0.25) is 0 Å². The van der Waals surface area contributed by atoms with Gasteiger partial charge in [0.15, 0.2) is 0 Å². The molecule has 0 saturated heterocycles. The van der Waals surface area contributed by atoms with Gasteiger partial charge in [-0.25, -0.2) is 0 Å². The number of fused-ring (bicyclic) bond motifs is 21. The topological polar surface area (TPSA) is 39.4 Å². The minimum atomic E-state index is -0.428. The molecule has 0 amide bonds. The van der Waals surface area contributed by atoms with Gasteiger partial charge in [-0.2, -0.15) is 0 Å². The van der Waals surface area contributed by atoms with Crippen LogP contribution in [0.3, 0.4) is 0 Å². The fraction of sp³-hybridized carbons (Fsp3) is 0.00787. The minimum absolute atomic E-state index is 0.181. The van der Waals surface area contributed by atoms with E-state index in [9.17, 15) is 2.74 Å². The van der Waals surface area contributed by atoms with Crippen molar-refractivity contribution in [2.45, 2.75) is 6.92 Å². The van der Waals surface area contributed by atoms with Crippen LogP contribution in [-0.2, 0) is 0 Å². The molecular weight excluding hydrogens is 1570 g/mol. The molecule has 0 aliphatic rings. The first-order chi connectivity index (χ1) is 74.4. The Bertz CT molecular complexity index is 10500. The Morgan fingerprint density at radius 1 is 0.162 bits per heavy atom.